The van der Waals surface area contributed by atoms with E-state index in [1.165, 1.54) is 23.0 Å². The average Bonchev–Trinajstić information content (AvgIpc) is 3.49. The first kappa shape index (κ1) is 22.0. The molecule has 3 aromatic rings. The van der Waals surface area contributed by atoms with Crippen LogP contribution in [0.2, 0.25) is 0 Å². The highest BCUT2D eigenvalue weighted by Crippen LogP contribution is 2.32. The van der Waals surface area contributed by atoms with Crippen LogP contribution in [0, 0.1) is 6.92 Å². The Morgan fingerprint density at radius 2 is 2.12 bits per heavy atom. The third-order valence-electron chi connectivity index (χ3n) is 5.14. The number of ether oxygens (including phenoxy) is 3. The number of carbonyl (C=O) groups excluding carboxylic acids is 1. The summed E-state index contributed by atoms with van der Waals surface area (Å²) in [6, 6.07) is 13.6. The second kappa shape index (κ2) is 10.4. The molecule has 1 N–H and O–H groups in total. The van der Waals surface area contributed by atoms with Gasteiger partial charge in [-0.1, -0.05) is 41.7 Å². The summed E-state index contributed by atoms with van der Waals surface area (Å²) >= 11 is 1.34. The molecule has 1 aromatic heterocycles. The van der Waals surface area contributed by atoms with Crippen LogP contribution >= 0.6 is 11.3 Å². The van der Waals surface area contributed by atoms with Crippen molar-refractivity contribution in [1.29, 1.82) is 0 Å². The minimum atomic E-state index is -0.279. The van der Waals surface area contributed by atoms with Crippen LogP contribution in [0.3, 0.4) is 0 Å². The van der Waals surface area contributed by atoms with E-state index in [0.29, 0.717) is 23.2 Å². The minimum absolute atomic E-state index is 0.00676. The third kappa shape index (κ3) is 5.52. The lowest BCUT2D eigenvalue weighted by atomic mass is 10.1. The van der Waals surface area contributed by atoms with Gasteiger partial charge in [-0.2, -0.15) is 0 Å². The molecule has 32 heavy (non-hydrogen) atoms. The minimum Gasteiger partial charge on any atom is -0.493 e. The number of amides is 1. The Morgan fingerprint density at radius 1 is 1.25 bits per heavy atom. The Kier molecular flexibility index (Phi) is 7.14. The van der Waals surface area contributed by atoms with Crippen molar-refractivity contribution in [3.05, 3.63) is 70.2 Å². The predicted octanol–water partition coefficient (Wildman–Crippen LogP) is 4.94. The van der Waals surface area contributed by atoms with Crippen molar-refractivity contribution in [2.24, 2.45) is 0 Å². The molecule has 1 fully saturated rings. The van der Waals surface area contributed by atoms with Gasteiger partial charge in [0.25, 0.3) is 0 Å². The second-order valence-corrected chi connectivity index (χ2v) is 8.40. The van der Waals surface area contributed by atoms with Gasteiger partial charge in [-0.05, 0) is 54.7 Å². The lowest BCUT2D eigenvalue weighted by molar-refractivity contribution is -0.111. The van der Waals surface area contributed by atoms with E-state index < -0.39 is 0 Å². The van der Waals surface area contributed by atoms with E-state index in [-0.39, 0.29) is 12.0 Å². The number of nitrogens with zero attached hydrogens (tertiary/aromatic N) is 2. The number of hydrogen-bond acceptors (Lipinski definition) is 7. The van der Waals surface area contributed by atoms with Crippen molar-refractivity contribution in [3.8, 4) is 11.5 Å². The number of rotatable bonds is 8. The van der Waals surface area contributed by atoms with Gasteiger partial charge in [0.05, 0.1) is 7.11 Å². The van der Waals surface area contributed by atoms with Gasteiger partial charge >= 0.3 is 0 Å². The van der Waals surface area contributed by atoms with Crippen LogP contribution in [-0.4, -0.2) is 29.8 Å². The molecule has 0 saturated carbocycles. The normalized spacial score (nSPS) is 15.8. The maximum atomic E-state index is 12.3. The largest absolute Gasteiger partial charge is 0.493 e. The van der Waals surface area contributed by atoms with Crippen LogP contribution in [-0.2, 0) is 16.1 Å². The van der Waals surface area contributed by atoms with Gasteiger partial charge < -0.3 is 14.2 Å². The SMILES string of the molecule is COc1cc(/C=C/C(=O)Nc2nnc([C@@H]3CCCO3)s2)ccc1OCc1ccccc1C. The van der Waals surface area contributed by atoms with E-state index in [2.05, 4.69) is 28.5 Å². The highest BCUT2D eigenvalue weighted by molar-refractivity contribution is 7.15. The molecule has 1 aliphatic heterocycles. The highest BCUT2D eigenvalue weighted by Gasteiger charge is 2.22. The first-order valence-corrected chi connectivity index (χ1v) is 11.2. The quantitative estimate of drug-likeness (QED) is 0.489. The average molecular weight is 452 g/mol. The fourth-order valence-electron chi connectivity index (χ4n) is 3.34. The Bertz CT molecular complexity index is 1110. The van der Waals surface area contributed by atoms with Gasteiger partial charge in [0.15, 0.2) is 11.5 Å². The lowest BCUT2D eigenvalue weighted by Gasteiger charge is -2.12. The topological polar surface area (TPSA) is 82.6 Å². The molecular weight excluding hydrogens is 426 g/mol. The zero-order valence-electron chi connectivity index (χ0n) is 18.0. The summed E-state index contributed by atoms with van der Waals surface area (Å²) in [4.78, 5) is 12.3. The molecule has 166 valence electrons. The molecule has 1 amide bonds. The molecule has 1 atom stereocenters. The van der Waals surface area contributed by atoms with Crippen LogP contribution in [0.4, 0.5) is 5.13 Å². The molecule has 0 aliphatic carbocycles. The highest BCUT2D eigenvalue weighted by atomic mass is 32.1. The monoisotopic (exact) mass is 451 g/mol. The van der Waals surface area contributed by atoms with Crippen molar-refractivity contribution in [3.63, 3.8) is 0 Å². The number of carbonyl (C=O) groups is 1. The Hall–Kier alpha value is -3.23. The summed E-state index contributed by atoms with van der Waals surface area (Å²) in [5.74, 6) is 0.971. The Labute approximate surface area is 191 Å². The molecule has 0 radical (unpaired) electrons. The standard InChI is InChI=1S/C24H25N3O4S/c1-16-6-3-4-7-18(16)15-31-19-11-9-17(14-21(19)29-2)10-12-22(28)25-24-27-26-23(32-24)20-8-5-13-30-20/h3-4,6-7,9-12,14,20H,5,8,13,15H2,1-2H3,(H,25,27,28)/b12-10+/t20-/m0/s1. The van der Waals surface area contributed by atoms with E-state index >= 15 is 0 Å². The second-order valence-electron chi connectivity index (χ2n) is 7.40. The maximum absolute atomic E-state index is 12.3. The zero-order valence-corrected chi connectivity index (χ0v) is 18.9. The van der Waals surface area contributed by atoms with Crippen LogP contribution in [0.15, 0.2) is 48.5 Å². The molecule has 0 unspecified atom stereocenters. The molecular formula is C24H25N3O4S. The first-order valence-electron chi connectivity index (χ1n) is 10.4. The maximum Gasteiger partial charge on any atom is 0.250 e. The van der Waals surface area contributed by atoms with Gasteiger partial charge in [0.1, 0.15) is 17.7 Å². The van der Waals surface area contributed by atoms with Gasteiger partial charge in [-0.15, -0.1) is 10.2 Å². The molecule has 0 bridgehead atoms. The number of anilines is 1. The molecule has 2 aromatic carbocycles. The van der Waals surface area contributed by atoms with Crippen molar-refractivity contribution >= 4 is 28.5 Å². The smallest absolute Gasteiger partial charge is 0.250 e. The summed E-state index contributed by atoms with van der Waals surface area (Å²) in [7, 11) is 1.59. The molecule has 4 rings (SSSR count). The van der Waals surface area contributed by atoms with Crippen LogP contribution < -0.4 is 14.8 Å². The van der Waals surface area contributed by atoms with E-state index in [1.54, 1.807) is 13.2 Å². The predicted molar refractivity (Wildman–Crippen MR) is 124 cm³/mol. The Balaban J connectivity index is 1.36. The molecule has 8 heteroatoms. The first-order chi connectivity index (χ1) is 15.6. The van der Waals surface area contributed by atoms with E-state index in [0.717, 1.165) is 35.6 Å². The fraction of sp³-hybridized carbons (Fsp3) is 0.292. The lowest BCUT2D eigenvalue weighted by Crippen LogP contribution is -2.07. The summed E-state index contributed by atoms with van der Waals surface area (Å²) in [6.07, 6.45) is 5.12. The van der Waals surface area contributed by atoms with E-state index in [9.17, 15) is 4.79 Å². The molecule has 1 saturated heterocycles. The summed E-state index contributed by atoms with van der Waals surface area (Å²) < 4.78 is 17.0. The van der Waals surface area contributed by atoms with Gasteiger partial charge in [-0.3, -0.25) is 10.1 Å². The number of benzene rings is 2. The van der Waals surface area contributed by atoms with Crippen molar-refractivity contribution in [2.75, 3.05) is 19.0 Å². The summed E-state index contributed by atoms with van der Waals surface area (Å²) in [5.41, 5.74) is 3.11. The number of nitrogens with one attached hydrogen (secondary N) is 1. The molecule has 0 spiro atoms. The number of aromatic nitrogens is 2. The Morgan fingerprint density at radius 3 is 2.91 bits per heavy atom. The van der Waals surface area contributed by atoms with Crippen LogP contribution in [0.25, 0.3) is 6.08 Å². The van der Waals surface area contributed by atoms with Gasteiger partial charge in [0.2, 0.25) is 11.0 Å². The molecule has 1 aliphatic rings. The fourth-order valence-corrected chi connectivity index (χ4v) is 4.17. The number of aryl methyl sites for hydroxylation is 1. The number of methoxy groups -OCH3 is 1. The zero-order chi connectivity index (χ0) is 22.3. The van der Waals surface area contributed by atoms with E-state index in [1.807, 2.05) is 36.4 Å². The van der Waals surface area contributed by atoms with Crippen molar-refractivity contribution in [1.82, 2.24) is 10.2 Å². The van der Waals surface area contributed by atoms with Crippen molar-refractivity contribution in [2.45, 2.75) is 32.5 Å². The third-order valence-corrected chi connectivity index (χ3v) is 6.07. The van der Waals surface area contributed by atoms with Crippen LogP contribution in [0.5, 0.6) is 11.5 Å². The summed E-state index contributed by atoms with van der Waals surface area (Å²) in [5, 5.41) is 12.2. The molecule has 7 nitrogen and oxygen atoms in total. The van der Waals surface area contributed by atoms with Gasteiger partial charge in [0, 0.05) is 12.7 Å². The molecule has 2 heterocycles. The van der Waals surface area contributed by atoms with E-state index in [4.69, 9.17) is 14.2 Å². The summed E-state index contributed by atoms with van der Waals surface area (Å²) in [6.45, 7) is 3.25. The van der Waals surface area contributed by atoms with Crippen LogP contribution in [0.1, 0.15) is 40.6 Å². The van der Waals surface area contributed by atoms with Crippen molar-refractivity contribution < 1.29 is 19.0 Å². The van der Waals surface area contributed by atoms with Gasteiger partial charge in [-0.25, -0.2) is 0 Å². The number of hydrogen-bond donors (Lipinski definition) is 1.